The molecule has 100 valence electrons. The Morgan fingerprint density at radius 3 is 2.39 bits per heavy atom. The van der Waals surface area contributed by atoms with Crippen molar-refractivity contribution in [2.75, 3.05) is 0 Å². The van der Waals surface area contributed by atoms with Gasteiger partial charge in [-0.15, -0.1) is 0 Å². The fraction of sp³-hybridized carbons (Fsp3) is 0.625. The van der Waals surface area contributed by atoms with Crippen LogP contribution in [0.5, 0.6) is 0 Å². The molecule has 1 aliphatic rings. The molecule has 1 aliphatic carbocycles. The van der Waals surface area contributed by atoms with Crippen LogP contribution in [0.3, 0.4) is 0 Å². The average Bonchev–Trinajstić information content (AvgIpc) is 2.36. The molecule has 18 heavy (non-hydrogen) atoms. The van der Waals surface area contributed by atoms with Gasteiger partial charge in [-0.05, 0) is 49.3 Å². The van der Waals surface area contributed by atoms with E-state index < -0.39 is 5.60 Å². The molecule has 2 heteroatoms. The molecule has 1 aromatic rings. The van der Waals surface area contributed by atoms with E-state index in [0.29, 0.717) is 6.42 Å². The highest BCUT2D eigenvalue weighted by molar-refractivity contribution is 5.18. The average molecular weight is 250 g/mol. The maximum absolute atomic E-state index is 12.8. The van der Waals surface area contributed by atoms with Gasteiger partial charge >= 0.3 is 0 Å². The zero-order valence-corrected chi connectivity index (χ0v) is 11.2. The van der Waals surface area contributed by atoms with Gasteiger partial charge < -0.3 is 5.11 Å². The first-order valence-electron chi connectivity index (χ1n) is 7.08. The molecular weight excluding hydrogens is 227 g/mol. The SMILES string of the molecule is CCCC1CCC(O)(Cc2ccc(F)cc2)CC1. The van der Waals surface area contributed by atoms with Crippen LogP contribution < -0.4 is 0 Å². The van der Waals surface area contributed by atoms with Crippen LogP contribution >= 0.6 is 0 Å². The standard InChI is InChI=1S/C16H23FO/c1-2-3-13-8-10-16(18,11-9-13)12-14-4-6-15(17)7-5-14/h4-7,13,18H,2-3,8-12H2,1H3. The molecule has 0 amide bonds. The lowest BCUT2D eigenvalue weighted by Crippen LogP contribution is -2.36. The third-order valence-corrected chi connectivity index (χ3v) is 4.18. The van der Waals surface area contributed by atoms with Gasteiger partial charge in [0, 0.05) is 6.42 Å². The molecular formula is C16H23FO. The maximum atomic E-state index is 12.8. The minimum atomic E-state index is -0.567. The number of rotatable bonds is 4. The summed E-state index contributed by atoms with van der Waals surface area (Å²) in [7, 11) is 0. The van der Waals surface area contributed by atoms with Crippen molar-refractivity contribution in [2.45, 2.75) is 57.5 Å². The van der Waals surface area contributed by atoms with Gasteiger partial charge in [-0.25, -0.2) is 4.39 Å². The summed E-state index contributed by atoms with van der Waals surface area (Å²) in [5, 5.41) is 10.6. The Labute approximate surface area is 109 Å². The van der Waals surface area contributed by atoms with E-state index in [1.165, 1.54) is 25.0 Å². The Morgan fingerprint density at radius 1 is 1.22 bits per heavy atom. The van der Waals surface area contributed by atoms with E-state index in [4.69, 9.17) is 0 Å². The van der Waals surface area contributed by atoms with E-state index >= 15 is 0 Å². The Kier molecular flexibility index (Phi) is 4.39. The Bertz CT molecular complexity index is 363. The Balaban J connectivity index is 1.91. The zero-order valence-electron chi connectivity index (χ0n) is 11.2. The number of hydrogen-bond acceptors (Lipinski definition) is 1. The van der Waals surface area contributed by atoms with Crippen LogP contribution in [-0.4, -0.2) is 10.7 Å². The third kappa shape index (κ3) is 3.55. The van der Waals surface area contributed by atoms with Crippen LogP contribution in [0.1, 0.15) is 51.0 Å². The molecule has 0 heterocycles. The summed E-state index contributed by atoms with van der Waals surface area (Å²) in [6, 6.07) is 6.51. The summed E-state index contributed by atoms with van der Waals surface area (Å²) in [5.41, 5.74) is 0.468. The van der Waals surface area contributed by atoms with Crippen molar-refractivity contribution >= 4 is 0 Å². The summed E-state index contributed by atoms with van der Waals surface area (Å²) >= 11 is 0. The number of halogens is 1. The topological polar surface area (TPSA) is 20.2 Å². The molecule has 1 nitrogen and oxygen atoms in total. The molecule has 1 N–H and O–H groups in total. The summed E-state index contributed by atoms with van der Waals surface area (Å²) < 4.78 is 12.8. The summed E-state index contributed by atoms with van der Waals surface area (Å²) in [6.45, 7) is 2.22. The Morgan fingerprint density at radius 2 is 1.83 bits per heavy atom. The van der Waals surface area contributed by atoms with E-state index in [2.05, 4.69) is 6.92 Å². The van der Waals surface area contributed by atoms with Crippen LogP contribution in [0.15, 0.2) is 24.3 Å². The molecule has 0 unspecified atom stereocenters. The minimum Gasteiger partial charge on any atom is -0.390 e. The van der Waals surface area contributed by atoms with E-state index in [1.54, 1.807) is 12.1 Å². The summed E-state index contributed by atoms with van der Waals surface area (Å²) in [6.07, 6.45) is 7.21. The molecule has 0 atom stereocenters. The van der Waals surface area contributed by atoms with Gasteiger partial charge in [0.1, 0.15) is 5.82 Å². The van der Waals surface area contributed by atoms with Crippen LogP contribution in [0, 0.1) is 11.7 Å². The summed E-state index contributed by atoms with van der Waals surface area (Å²) in [4.78, 5) is 0. The van der Waals surface area contributed by atoms with Crippen LogP contribution in [0.4, 0.5) is 4.39 Å². The van der Waals surface area contributed by atoms with Crippen molar-refractivity contribution < 1.29 is 9.50 Å². The fourth-order valence-electron chi connectivity index (χ4n) is 3.07. The molecule has 0 spiro atoms. The molecule has 1 aromatic carbocycles. The number of benzene rings is 1. The largest absolute Gasteiger partial charge is 0.390 e. The fourth-order valence-corrected chi connectivity index (χ4v) is 3.07. The lowest BCUT2D eigenvalue weighted by molar-refractivity contribution is -0.00988. The molecule has 1 saturated carbocycles. The van der Waals surface area contributed by atoms with Crippen LogP contribution in [0.2, 0.25) is 0 Å². The highest BCUT2D eigenvalue weighted by Gasteiger charge is 2.32. The normalized spacial score (nSPS) is 28.3. The third-order valence-electron chi connectivity index (χ3n) is 4.18. The molecule has 0 aromatic heterocycles. The van der Waals surface area contributed by atoms with E-state index in [-0.39, 0.29) is 5.82 Å². The van der Waals surface area contributed by atoms with Crippen molar-refractivity contribution in [3.63, 3.8) is 0 Å². The lowest BCUT2D eigenvalue weighted by atomic mass is 9.75. The van der Waals surface area contributed by atoms with Gasteiger partial charge in [-0.2, -0.15) is 0 Å². The molecule has 0 saturated heterocycles. The second-order valence-electron chi connectivity index (χ2n) is 5.76. The van der Waals surface area contributed by atoms with Gasteiger partial charge in [0.15, 0.2) is 0 Å². The van der Waals surface area contributed by atoms with Crippen LogP contribution in [0.25, 0.3) is 0 Å². The first kappa shape index (κ1) is 13.5. The monoisotopic (exact) mass is 250 g/mol. The molecule has 0 bridgehead atoms. The van der Waals surface area contributed by atoms with Crippen molar-refractivity contribution in [3.8, 4) is 0 Å². The Hall–Kier alpha value is -0.890. The van der Waals surface area contributed by atoms with Crippen molar-refractivity contribution in [1.29, 1.82) is 0 Å². The minimum absolute atomic E-state index is 0.211. The smallest absolute Gasteiger partial charge is 0.123 e. The highest BCUT2D eigenvalue weighted by Crippen LogP contribution is 2.36. The second-order valence-corrected chi connectivity index (χ2v) is 5.76. The molecule has 0 aliphatic heterocycles. The van der Waals surface area contributed by atoms with E-state index in [9.17, 15) is 9.50 Å². The first-order chi connectivity index (χ1) is 8.61. The molecule has 2 rings (SSSR count). The maximum Gasteiger partial charge on any atom is 0.123 e. The lowest BCUT2D eigenvalue weighted by Gasteiger charge is -2.36. The van der Waals surface area contributed by atoms with Crippen molar-refractivity contribution in [2.24, 2.45) is 5.92 Å². The zero-order chi connectivity index (χ0) is 13.0. The van der Waals surface area contributed by atoms with Crippen LogP contribution in [-0.2, 0) is 6.42 Å². The predicted octanol–water partition coefficient (Wildman–Crippen LogP) is 4.09. The molecule has 1 fully saturated rings. The van der Waals surface area contributed by atoms with Gasteiger partial charge in [-0.3, -0.25) is 0 Å². The first-order valence-corrected chi connectivity index (χ1v) is 7.08. The van der Waals surface area contributed by atoms with E-state index in [0.717, 1.165) is 37.2 Å². The highest BCUT2D eigenvalue weighted by atomic mass is 19.1. The number of hydrogen-bond donors (Lipinski definition) is 1. The number of aliphatic hydroxyl groups is 1. The summed E-state index contributed by atoms with van der Waals surface area (Å²) in [5.74, 6) is 0.584. The van der Waals surface area contributed by atoms with Gasteiger partial charge in [0.2, 0.25) is 0 Å². The predicted molar refractivity (Wildman–Crippen MR) is 71.9 cm³/mol. The van der Waals surface area contributed by atoms with Crippen molar-refractivity contribution in [1.82, 2.24) is 0 Å². The van der Waals surface area contributed by atoms with Gasteiger partial charge in [0.25, 0.3) is 0 Å². The van der Waals surface area contributed by atoms with Crippen molar-refractivity contribution in [3.05, 3.63) is 35.6 Å². The second kappa shape index (κ2) is 5.83. The molecule has 0 radical (unpaired) electrons. The quantitative estimate of drug-likeness (QED) is 0.853. The van der Waals surface area contributed by atoms with E-state index in [1.807, 2.05) is 0 Å². The van der Waals surface area contributed by atoms with Gasteiger partial charge in [0.05, 0.1) is 5.60 Å². The van der Waals surface area contributed by atoms with Gasteiger partial charge in [-0.1, -0.05) is 31.9 Å².